The molecule has 0 saturated heterocycles. The second-order valence-corrected chi connectivity index (χ2v) is 6.84. The number of hydrogen-bond acceptors (Lipinski definition) is 3. The van der Waals surface area contributed by atoms with Gasteiger partial charge in [-0.1, -0.05) is 43.7 Å². The largest absolute Gasteiger partial charge is 0.355 e. The average Bonchev–Trinajstić information content (AvgIpc) is 2.60. The Hall–Kier alpha value is -2.69. The predicted molar refractivity (Wildman–Crippen MR) is 98.1 cm³/mol. The fourth-order valence-corrected chi connectivity index (χ4v) is 2.52. The third-order valence-electron chi connectivity index (χ3n) is 4.12. The average molecular weight is 339 g/mol. The number of amides is 2. The van der Waals surface area contributed by atoms with Crippen LogP contribution in [0.2, 0.25) is 0 Å². The number of benzene rings is 1. The summed E-state index contributed by atoms with van der Waals surface area (Å²) in [7, 11) is 1.59. The first kappa shape index (κ1) is 18.6. The molecular formula is C20H25N3O2. The standard InChI is InChI=1S/C20H25N3O2/c1-14-5-7-15(8-6-14)13-23-19(25)20(2,3)12-17-11-16(9-10-22-17)18(24)21-4/h5-11H,12-13H2,1-4H3,(H,21,24)(H,23,25). The molecule has 5 nitrogen and oxygen atoms in total. The van der Waals surface area contributed by atoms with Gasteiger partial charge in [0.05, 0.1) is 0 Å². The molecule has 2 amide bonds. The Morgan fingerprint density at radius 2 is 1.80 bits per heavy atom. The third kappa shape index (κ3) is 5.14. The molecule has 0 atom stereocenters. The summed E-state index contributed by atoms with van der Waals surface area (Å²) in [5.74, 6) is -0.203. The molecule has 2 N–H and O–H groups in total. The Balaban J connectivity index is 2.01. The van der Waals surface area contributed by atoms with Crippen molar-refractivity contribution in [3.8, 4) is 0 Å². The second kappa shape index (κ2) is 7.92. The highest BCUT2D eigenvalue weighted by Gasteiger charge is 2.28. The third-order valence-corrected chi connectivity index (χ3v) is 4.12. The van der Waals surface area contributed by atoms with Crippen LogP contribution in [0, 0.1) is 12.3 Å². The van der Waals surface area contributed by atoms with E-state index in [1.165, 1.54) is 5.56 Å². The van der Waals surface area contributed by atoms with Crippen molar-refractivity contribution < 1.29 is 9.59 Å². The van der Waals surface area contributed by atoms with Crippen LogP contribution in [0.4, 0.5) is 0 Å². The van der Waals surface area contributed by atoms with E-state index in [0.717, 1.165) is 11.3 Å². The van der Waals surface area contributed by atoms with Crippen molar-refractivity contribution in [3.63, 3.8) is 0 Å². The van der Waals surface area contributed by atoms with Gasteiger partial charge in [-0.2, -0.15) is 0 Å². The van der Waals surface area contributed by atoms with Crippen LogP contribution >= 0.6 is 0 Å². The van der Waals surface area contributed by atoms with Crippen molar-refractivity contribution in [3.05, 3.63) is 65.0 Å². The lowest BCUT2D eigenvalue weighted by Crippen LogP contribution is -2.38. The highest BCUT2D eigenvalue weighted by atomic mass is 16.2. The Kier molecular flexibility index (Phi) is 5.91. The van der Waals surface area contributed by atoms with E-state index in [1.807, 2.05) is 45.0 Å². The lowest BCUT2D eigenvalue weighted by Gasteiger charge is -2.23. The first-order chi connectivity index (χ1) is 11.8. The molecule has 1 aromatic heterocycles. The molecule has 5 heteroatoms. The van der Waals surface area contributed by atoms with Crippen LogP contribution in [0.5, 0.6) is 0 Å². The molecule has 1 aromatic carbocycles. The summed E-state index contributed by atoms with van der Waals surface area (Å²) in [6, 6.07) is 11.5. The van der Waals surface area contributed by atoms with Crippen molar-refractivity contribution in [2.24, 2.45) is 5.41 Å². The fourth-order valence-electron chi connectivity index (χ4n) is 2.52. The van der Waals surface area contributed by atoms with Gasteiger partial charge in [0.2, 0.25) is 5.91 Å². The van der Waals surface area contributed by atoms with Gasteiger partial charge in [-0.25, -0.2) is 0 Å². The lowest BCUT2D eigenvalue weighted by molar-refractivity contribution is -0.129. The van der Waals surface area contributed by atoms with Gasteiger partial charge >= 0.3 is 0 Å². The predicted octanol–water partition coefficient (Wildman–Crippen LogP) is 2.63. The maximum Gasteiger partial charge on any atom is 0.251 e. The second-order valence-electron chi connectivity index (χ2n) is 6.84. The summed E-state index contributed by atoms with van der Waals surface area (Å²) in [6.45, 7) is 6.29. The van der Waals surface area contributed by atoms with E-state index in [1.54, 1.807) is 25.4 Å². The molecule has 0 aliphatic heterocycles. The van der Waals surface area contributed by atoms with Crippen LogP contribution in [-0.2, 0) is 17.8 Å². The molecule has 0 fully saturated rings. The Labute approximate surface area is 148 Å². The van der Waals surface area contributed by atoms with Crippen molar-refractivity contribution in [1.82, 2.24) is 15.6 Å². The molecular weight excluding hydrogens is 314 g/mol. The highest BCUT2D eigenvalue weighted by molar-refractivity contribution is 5.94. The van der Waals surface area contributed by atoms with E-state index in [0.29, 0.717) is 18.5 Å². The Morgan fingerprint density at radius 1 is 1.12 bits per heavy atom. The quantitative estimate of drug-likeness (QED) is 0.850. The highest BCUT2D eigenvalue weighted by Crippen LogP contribution is 2.22. The van der Waals surface area contributed by atoms with Gasteiger partial charge in [-0.15, -0.1) is 0 Å². The van der Waals surface area contributed by atoms with E-state index < -0.39 is 5.41 Å². The number of rotatable bonds is 6. The molecule has 0 aliphatic rings. The molecule has 0 bridgehead atoms. The molecule has 0 saturated carbocycles. The van der Waals surface area contributed by atoms with Gasteiger partial charge in [0.25, 0.3) is 5.91 Å². The van der Waals surface area contributed by atoms with Crippen molar-refractivity contribution in [2.45, 2.75) is 33.7 Å². The van der Waals surface area contributed by atoms with Crippen LogP contribution in [-0.4, -0.2) is 23.8 Å². The smallest absolute Gasteiger partial charge is 0.251 e. The topological polar surface area (TPSA) is 71.1 Å². The lowest BCUT2D eigenvalue weighted by atomic mass is 9.86. The fraction of sp³-hybridized carbons (Fsp3) is 0.350. The number of aromatic nitrogens is 1. The van der Waals surface area contributed by atoms with E-state index in [4.69, 9.17) is 0 Å². The van der Waals surface area contributed by atoms with E-state index in [2.05, 4.69) is 15.6 Å². The molecule has 2 rings (SSSR count). The number of nitrogens with one attached hydrogen (secondary N) is 2. The summed E-state index contributed by atoms with van der Waals surface area (Å²) in [4.78, 5) is 28.6. The molecule has 0 unspecified atom stereocenters. The summed E-state index contributed by atoms with van der Waals surface area (Å²) in [5.41, 5.74) is 2.89. The number of hydrogen-bond donors (Lipinski definition) is 2. The van der Waals surface area contributed by atoms with Gasteiger partial charge in [0.1, 0.15) is 0 Å². The molecule has 1 heterocycles. The molecule has 0 radical (unpaired) electrons. The van der Waals surface area contributed by atoms with Gasteiger partial charge in [0, 0.05) is 42.9 Å². The zero-order valence-electron chi connectivity index (χ0n) is 15.2. The molecule has 2 aromatic rings. The maximum atomic E-state index is 12.6. The Morgan fingerprint density at radius 3 is 2.44 bits per heavy atom. The van der Waals surface area contributed by atoms with Crippen LogP contribution < -0.4 is 10.6 Å². The number of nitrogens with zero attached hydrogens (tertiary/aromatic N) is 1. The van der Waals surface area contributed by atoms with Gasteiger partial charge < -0.3 is 10.6 Å². The van der Waals surface area contributed by atoms with Crippen molar-refractivity contribution in [1.29, 1.82) is 0 Å². The molecule has 0 spiro atoms. The van der Waals surface area contributed by atoms with Crippen molar-refractivity contribution >= 4 is 11.8 Å². The summed E-state index contributed by atoms with van der Waals surface area (Å²) in [6.07, 6.45) is 2.05. The zero-order valence-corrected chi connectivity index (χ0v) is 15.2. The number of aryl methyl sites for hydroxylation is 1. The van der Waals surface area contributed by atoms with Gasteiger partial charge in [0.15, 0.2) is 0 Å². The van der Waals surface area contributed by atoms with E-state index in [9.17, 15) is 9.59 Å². The monoisotopic (exact) mass is 339 g/mol. The minimum atomic E-state index is -0.626. The van der Waals surface area contributed by atoms with Crippen LogP contribution in [0.25, 0.3) is 0 Å². The normalized spacial score (nSPS) is 11.0. The van der Waals surface area contributed by atoms with Gasteiger partial charge in [-0.05, 0) is 24.6 Å². The zero-order chi connectivity index (χ0) is 18.4. The van der Waals surface area contributed by atoms with Crippen LogP contribution in [0.1, 0.15) is 41.0 Å². The van der Waals surface area contributed by atoms with Crippen LogP contribution in [0.15, 0.2) is 42.6 Å². The van der Waals surface area contributed by atoms with E-state index in [-0.39, 0.29) is 11.8 Å². The minimum absolute atomic E-state index is 0.0415. The summed E-state index contributed by atoms with van der Waals surface area (Å²) in [5, 5.41) is 5.57. The molecule has 0 aliphatic carbocycles. The number of carbonyl (C=O) groups excluding carboxylic acids is 2. The van der Waals surface area contributed by atoms with E-state index >= 15 is 0 Å². The molecule has 25 heavy (non-hydrogen) atoms. The summed E-state index contributed by atoms with van der Waals surface area (Å²) < 4.78 is 0. The maximum absolute atomic E-state index is 12.6. The first-order valence-electron chi connectivity index (χ1n) is 8.32. The number of pyridine rings is 1. The van der Waals surface area contributed by atoms with Crippen LogP contribution in [0.3, 0.4) is 0 Å². The minimum Gasteiger partial charge on any atom is -0.355 e. The Bertz CT molecular complexity index is 752. The van der Waals surface area contributed by atoms with Crippen molar-refractivity contribution in [2.75, 3.05) is 7.05 Å². The van der Waals surface area contributed by atoms with Gasteiger partial charge in [-0.3, -0.25) is 14.6 Å². The first-order valence-corrected chi connectivity index (χ1v) is 8.32. The SMILES string of the molecule is CNC(=O)c1ccnc(CC(C)(C)C(=O)NCc2ccc(C)cc2)c1. The summed E-state index contributed by atoms with van der Waals surface area (Å²) >= 11 is 0. The number of carbonyl (C=O) groups is 2. The molecule has 132 valence electrons.